The number of hydrogen-bond acceptors (Lipinski definition) is 5. The number of hydrogen-bond donors (Lipinski definition) is 0. The third-order valence-corrected chi connectivity index (χ3v) is 5.71. The van der Waals surface area contributed by atoms with Crippen molar-refractivity contribution in [3.05, 3.63) is 41.5 Å². The highest BCUT2D eigenvalue weighted by Crippen LogP contribution is 2.40. The molecule has 2 aromatic rings. The number of benzene rings is 1. The molecule has 4 rings (SSSR count). The average Bonchev–Trinajstić information content (AvgIpc) is 3.25. The Morgan fingerprint density at radius 3 is 2.69 bits per heavy atom. The largest absolute Gasteiger partial charge is 0.338 e. The first-order valence-electron chi connectivity index (χ1n) is 9.58. The molecule has 1 atom stereocenters. The standard InChI is InChI=1S/C20H27FN4O/c1-15(2)18-22-19(23-26-18)25-11-9-20(14-25)8-3-10-24(13-20)12-16-4-6-17(21)7-5-16/h4-7,15H,3,8-14H2,1-2H3/t20-/m0/s1. The Morgan fingerprint density at radius 1 is 1.15 bits per heavy atom. The van der Waals surface area contributed by atoms with E-state index < -0.39 is 0 Å². The summed E-state index contributed by atoms with van der Waals surface area (Å²) in [5, 5.41) is 4.18. The fourth-order valence-corrected chi connectivity index (χ4v) is 4.32. The minimum absolute atomic E-state index is 0.170. The van der Waals surface area contributed by atoms with Crippen LogP contribution in [-0.2, 0) is 6.54 Å². The smallest absolute Gasteiger partial charge is 0.266 e. The molecule has 140 valence electrons. The molecule has 0 bridgehead atoms. The topological polar surface area (TPSA) is 45.4 Å². The molecule has 3 heterocycles. The van der Waals surface area contributed by atoms with Crippen LogP contribution >= 0.6 is 0 Å². The summed E-state index contributed by atoms with van der Waals surface area (Å²) in [6, 6.07) is 6.89. The first-order chi connectivity index (χ1) is 12.5. The molecule has 5 nitrogen and oxygen atoms in total. The lowest BCUT2D eigenvalue weighted by Gasteiger charge is -2.40. The van der Waals surface area contributed by atoms with E-state index in [2.05, 4.69) is 33.8 Å². The molecule has 2 aliphatic rings. The van der Waals surface area contributed by atoms with Gasteiger partial charge in [-0.25, -0.2) is 4.39 Å². The molecule has 0 saturated carbocycles. The van der Waals surface area contributed by atoms with Crippen molar-refractivity contribution in [1.29, 1.82) is 0 Å². The Bertz CT molecular complexity index is 745. The summed E-state index contributed by atoms with van der Waals surface area (Å²) in [6.45, 7) is 9.19. The van der Waals surface area contributed by atoms with Gasteiger partial charge in [-0.2, -0.15) is 4.98 Å². The molecular formula is C20H27FN4O. The molecule has 1 aromatic heterocycles. The fraction of sp³-hybridized carbons (Fsp3) is 0.600. The number of aromatic nitrogens is 2. The number of anilines is 1. The zero-order chi connectivity index (χ0) is 18.1. The van der Waals surface area contributed by atoms with Crippen molar-refractivity contribution in [2.24, 2.45) is 5.41 Å². The zero-order valence-corrected chi connectivity index (χ0v) is 15.6. The van der Waals surface area contributed by atoms with Crippen molar-refractivity contribution < 1.29 is 8.91 Å². The predicted octanol–water partition coefficient (Wildman–Crippen LogP) is 3.82. The summed E-state index contributed by atoms with van der Waals surface area (Å²) in [7, 11) is 0. The second kappa shape index (κ2) is 6.99. The maximum Gasteiger partial charge on any atom is 0.266 e. The van der Waals surface area contributed by atoms with Gasteiger partial charge in [0.1, 0.15) is 5.82 Å². The first-order valence-corrected chi connectivity index (χ1v) is 9.58. The van der Waals surface area contributed by atoms with Crippen LogP contribution < -0.4 is 4.90 Å². The Morgan fingerprint density at radius 2 is 1.96 bits per heavy atom. The lowest BCUT2D eigenvalue weighted by Crippen LogP contribution is -2.44. The lowest BCUT2D eigenvalue weighted by atomic mass is 9.79. The number of nitrogens with zero attached hydrogens (tertiary/aromatic N) is 4. The molecule has 0 amide bonds. The summed E-state index contributed by atoms with van der Waals surface area (Å²) in [5.41, 5.74) is 1.48. The van der Waals surface area contributed by atoms with Gasteiger partial charge < -0.3 is 9.42 Å². The summed E-state index contributed by atoms with van der Waals surface area (Å²) in [5.74, 6) is 1.54. The van der Waals surface area contributed by atoms with Crippen LogP contribution in [0.2, 0.25) is 0 Å². The van der Waals surface area contributed by atoms with Gasteiger partial charge in [-0.15, -0.1) is 0 Å². The van der Waals surface area contributed by atoms with Crippen LogP contribution in [0.3, 0.4) is 0 Å². The minimum atomic E-state index is -0.170. The van der Waals surface area contributed by atoms with Crippen molar-refractivity contribution in [1.82, 2.24) is 15.0 Å². The predicted molar refractivity (Wildman–Crippen MR) is 98.6 cm³/mol. The van der Waals surface area contributed by atoms with E-state index in [1.54, 1.807) is 12.1 Å². The molecule has 0 unspecified atom stereocenters. The normalized spacial score (nSPS) is 24.1. The van der Waals surface area contributed by atoms with Crippen LogP contribution in [0.4, 0.5) is 10.3 Å². The van der Waals surface area contributed by atoms with Gasteiger partial charge in [0.15, 0.2) is 0 Å². The molecule has 2 fully saturated rings. The van der Waals surface area contributed by atoms with Gasteiger partial charge >= 0.3 is 0 Å². The molecular weight excluding hydrogens is 331 g/mol. The second-order valence-electron chi connectivity index (χ2n) is 8.20. The van der Waals surface area contributed by atoms with Gasteiger partial charge in [0.2, 0.25) is 5.89 Å². The van der Waals surface area contributed by atoms with Gasteiger partial charge in [-0.1, -0.05) is 26.0 Å². The highest BCUT2D eigenvalue weighted by Gasteiger charge is 2.42. The van der Waals surface area contributed by atoms with Crippen molar-refractivity contribution in [3.63, 3.8) is 0 Å². The van der Waals surface area contributed by atoms with Gasteiger partial charge in [0.25, 0.3) is 5.95 Å². The number of halogens is 1. The van der Waals surface area contributed by atoms with Gasteiger partial charge in [0.05, 0.1) is 0 Å². The average molecular weight is 358 g/mol. The lowest BCUT2D eigenvalue weighted by molar-refractivity contribution is 0.0991. The molecule has 2 saturated heterocycles. The van der Waals surface area contributed by atoms with E-state index in [-0.39, 0.29) is 11.7 Å². The van der Waals surface area contributed by atoms with E-state index in [0.717, 1.165) is 38.7 Å². The molecule has 1 aromatic carbocycles. The van der Waals surface area contributed by atoms with E-state index in [0.29, 0.717) is 11.3 Å². The van der Waals surface area contributed by atoms with Crippen molar-refractivity contribution in [3.8, 4) is 0 Å². The molecule has 2 aliphatic heterocycles. The first kappa shape index (κ1) is 17.5. The zero-order valence-electron chi connectivity index (χ0n) is 15.6. The molecule has 26 heavy (non-hydrogen) atoms. The van der Waals surface area contributed by atoms with E-state index in [1.165, 1.54) is 24.8 Å². The van der Waals surface area contributed by atoms with Crippen molar-refractivity contribution in [2.75, 3.05) is 31.1 Å². The summed E-state index contributed by atoms with van der Waals surface area (Å²) in [4.78, 5) is 9.35. The van der Waals surface area contributed by atoms with Gasteiger partial charge in [-0.05, 0) is 48.7 Å². The molecule has 0 radical (unpaired) electrons. The summed E-state index contributed by atoms with van der Waals surface area (Å²) < 4.78 is 18.5. The van der Waals surface area contributed by atoms with Crippen LogP contribution in [0.1, 0.15) is 50.5 Å². The van der Waals surface area contributed by atoms with Crippen molar-refractivity contribution >= 4 is 5.95 Å². The van der Waals surface area contributed by atoms with Crippen LogP contribution in [0.5, 0.6) is 0 Å². The number of likely N-dealkylation sites (tertiary alicyclic amines) is 1. The minimum Gasteiger partial charge on any atom is -0.338 e. The van der Waals surface area contributed by atoms with E-state index in [9.17, 15) is 4.39 Å². The monoisotopic (exact) mass is 358 g/mol. The third-order valence-electron chi connectivity index (χ3n) is 5.71. The van der Waals surface area contributed by atoms with Gasteiger partial charge in [0, 0.05) is 37.5 Å². The molecule has 1 spiro atoms. The number of rotatable bonds is 4. The van der Waals surface area contributed by atoms with Crippen LogP contribution in [-0.4, -0.2) is 41.2 Å². The quantitative estimate of drug-likeness (QED) is 0.831. The third kappa shape index (κ3) is 3.61. The van der Waals surface area contributed by atoms with E-state index in [4.69, 9.17) is 4.52 Å². The van der Waals surface area contributed by atoms with Crippen molar-refractivity contribution in [2.45, 2.75) is 45.6 Å². The molecule has 6 heteroatoms. The summed E-state index contributed by atoms with van der Waals surface area (Å²) >= 11 is 0. The summed E-state index contributed by atoms with van der Waals surface area (Å²) in [6.07, 6.45) is 3.62. The second-order valence-corrected chi connectivity index (χ2v) is 8.20. The van der Waals surface area contributed by atoms with E-state index >= 15 is 0 Å². The van der Waals surface area contributed by atoms with Crippen LogP contribution in [0.15, 0.2) is 28.8 Å². The number of piperidine rings is 1. The van der Waals surface area contributed by atoms with Crippen LogP contribution in [0.25, 0.3) is 0 Å². The Kier molecular flexibility index (Phi) is 4.69. The fourth-order valence-electron chi connectivity index (χ4n) is 4.32. The Labute approximate surface area is 154 Å². The highest BCUT2D eigenvalue weighted by atomic mass is 19.1. The Balaban J connectivity index is 1.41. The molecule has 0 aliphatic carbocycles. The maximum absolute atomic E-state index is 13.1. The Hall–Kier alpha value is -1.95. The van der Waals surface area contributed by atoms with Gasteiger partial charge in [-0.3, -0.25) is 4.90 Å². The highest BCUT2D eigenvalue weighted by molar-refractivity contribution is 5.32. The van der Waals surface area contributed by atoms with E-state index in [1.807, 2.05) is 12.1 Å². The SMILES string of the molecule is CC(C)c1nc(N2CC[C@]3(CCCN(Cc4ccc(F)cc4)C3)C2)no1. The maximum atomic E-state index is 13.1. The molecule has 0 N–H and O–H groups in total. The van der Waals surface area contributed by atoms with Crippen LogP contribution in [0, 0.1) is 11.2 Å².